The van der Waals surface area contributed by atoms with Crippen LogP contribution in [0, 0.1) is 11.7 Å². The number of H-pyrrole nitrogens is 1. The van der Waals surface area contributed by atoms with Crippen molar-refractivity contribution in [2.45, 2.75) is 39.2 Å². The third-order valence-corrected chi connectivity index (χ3v) is 5.78. The summed E-state index contributed by atoms with van der Waals surface area (Å²) in [5.41, 5.74) is 1.81. The number of carbonyl (C=O) groups excluding carboxylic acids is 1. The van der Waals surface area contributed by atoms with Gasteiger partial charge in [-0.1, -0.05) is 61.1 Å². The van der Waals surface area contributed by atoms with Crippen molar-refractivity contribution >= 4 is 34.6 Å². The Kier molecular flexibility index (Phi) is 6.53. The van der Waals surface area contributed by atoms with Crippen molar-refractivity contribution < 1.29 is 4.79 Å². The van der Waals surface area contributed by atoms with Crippen LogP contribution in [0.5, 0.6) is 0 Å². The number of carbonyl (C=O) groups is 1. The largest absolute Gasteiger partial charge is 0.301 e. The van der Waals surface area contributed by atoms with E-state index >= 15 is 0 Å². The zero-order valence-corrected chi connectivity index (χ0v) is 17.6. The highest BCUT2D eigenvalue weighted by molar-refractivity contribution is 7.71. The van der Waals surface area contributed by atoms with E-state index in [0.29, 0.717) is 22.3 Å². The summed E-state index contributed by atoms with van der Waals surface area (Å²) in [6.07, 6.45) is 3.47. The molecule has 0 aliphatic rings. The number of aromatic amines is 1. The van der Waals surface area contributed by atoms with Gasteiger partial charge in [-0.25, -0.2) is 4.98 Å². The van der Waals surface area contributed by atoms with Gasteiger partial charge >= 0.3 is 0 Å². The molecule has 146 valence electrons. The molecule has 8 heteroatoms. The summed E-state index contributed by atoms with van der Waals surface area (Å²) < 4.78 is 2.39. The molecule has 0 bridgehead atoms. The molecule has 3 rings (SSSR count). The Morgan fingerprint density at radius 3 is 2.86 bits per heavy atom. The van der Waals surface area contributed by atoms with E-state index in [0.717, 1.165) is 29.0 Å². The number of thiazole rings is 1. The van der Waals surface area contributed by atoms with Gasteiger partial charge in [-0.05, 0) is 31.1 Å². The third-order valence-electron chi connectivity index (χ3n) is 4.40. The number of nitrogens with zero attached hydrogens (tertiary/aromatic N) is 3. The molecular formula is C20H23N5OS2. The van der Waals surface area contributed by atoms with Crippen LogP contribution < -0.4 is 5.32 Å². The molecule has 2 aromatic heterocycles. The summed E-state index contributed by atoms with van der Waals surface area (Å²) in [7, 11) is 0. The molecule has 1 amide bonds. The molecule has 0 saturated carbocycles. The van der Waals surface area contributed by atoms with Gasteiger partial charge in [0.25, 0.3) is 0 Å². The molecular weight excluding hydrogens is 390 g/mol. The average Bonchev–Trinajstić information content (AvgIpc) is 3.23. The van der Waals surface area contributed by atoms with Crippen molar-refractivity contribution in [1.82, 2.24) is 19.7 Å². The van der Waals surface area contributed by atoms with Crippen molar-refractivity contribution in [2.75, 3.05) is 5.32 Å². The number of amides is 1. The smallest absolute Gasteiger partial charge is 0.233 e. The van der Waals surface area contributed by atoms with Gasteiger partial charge in [0.2, 0.25) is 5.91 Å². The molecule has 0 fully saturated rings. The van der Waals surface area contributed by atoms with Crippen molar-refractivity contribution in [3.05, 3.63) is 59.0 Å². The van der Waals surface area contributed by atoms with E-state index in [1.54, 1.807) is 6.08 Å². The summed E-state index contributed by atoms with van der Waals surface area (Å²) in [4.78, 5) is 18.3. The zero-order valence-electron chi connectivity index (χ0n) is 15.9. The second-order valence-electron chi connectivity index (χ2n) is 6.43. The van der Waals surface area contributed by atoms with Crippen LogP contribution in [0.4, 0.5) is 5.13 Å². The fraction of sp³-hybridized carbons (Fsp3) is 0.300. The number of aromatic nitrogens is 4. The topological polar surface area (TPSA) is 75.6 Å². The number of aryl methyl sites for hydroxylation is 1. The Hall–Kier alpha value is -2.58. The van der Waals surface area contributed by atoms with Crippen LogP contribution >= 0.6 is 23.6 Å². The molecule has 0 aliphatic heterocycles. The van der Waals surface area contributed by atoms with Crippen LogP contribution in [0.15, 0.2) is 43.0 Å². The second-order valence-corrected chi connectivity index (χ2v) is 7.81. The van der Waals surface area contributed by atoms with Gasteiger partial charge in [-0.3, -0.25) is 14.5 Å². The molecule has 0 aliphatic carbocycles. The first-order valence-corrected chi connectivity index (χ1v) is 10.4. The number of anilines is 1. The van der Waals surface area contributed by atoms with E-state index in [-0.39, 0.29) is 11.8 Å². The predicted octanol–water partition coefficient (Wildman–Crippen LogP) is 5.08. The van der Waals surface area contributed by atoms with Crippen molar-refractivity contribution in [1.29, 1.82) is 0 Å². The van der Waals surface area contributed by atoms with Crippen LogP contribution in [0.3, 0.4) is 0 Å². The first kappa shape index (κ1) is 20.2. The number of rotatable bonds is 8. The first-order chi connectivity index (χ1) is 13.5. The molecule has 1 unspecified atom stereocenters. The van der Waals surface area contributed by atoms with Gasteiger partial charge < -0.3 is 5.32 Å². The highest BCUT2D eigenvalue weighted by Crippen LogP contribution is 2.33. The normalized spacial score (nSPS) is 11.9. The van der Waals surface area contributed by atoms with E-state index in [4.69, 9.17) is 12.2 Å². The Labute approximate surface area is 173 Å². The molecule has 1 atom stereocenters. The van der Waals surface area contributed by atoms with E-state index < -0.39 is 0 Å². The maximum Gasteiger partial charge on any atom is 0.233 e. The molecule has 1 aromatic carbocycles. The second kappa shape index (κ2) is 9.07. The summed E-state index contributed by atoms with van der Waals surface area (Å²) in [5, 5.41) is 10.7. The Balaban J connectivity index is 1.86. The lowest BCUT2D eigenvalue weighted by Gasteiger charge is -2.15. The minimum absolute atomic E-state index is 0.0432. The summed E-state index contributed by atoms with van der Waals surface area (Å²) >= 11 is 6.69. The van der Waals surface area contributed by atoms with Gasteiger partial charge in [-0.2, -0.15) is 5.10 Å². The SMILES string of the molecule is C=CCn1c(-c2sc(NC(=O)C(CCC)c3ccccc3)nc2C)n[nH]c1=S. The molecule has 3 aromatic rings. The van der Waals surface area contributed by atoms with Gasteiger partial charge in [0.15, 0.2) is 15.7 Å². The lowest BCUT2D eigenvalue weighted by Crippen LogP contribution is -2.21. The monoisotopic (exact) mass is 413 g/mol. The highest BCUT2D eigenvalue weighted by Gasteiger charge is 2.22. The summed E-state index contributed by atoms with van der Waals surface area (Å²) in [6.45, 7) is 8.30. The van der Waals surface area contributed by atoms with Gasteiger partial charge in [0, 0.05) is 6.54 Å². The van der Waals surface area contributed by atoms with E-state index in [2.05, 4.69) is 34.0 Å². The fourth-order valence-electron chi connectivity index (χ4n) is 3.06. The van der Waals surface area contributed by atoms with Crippen molar-refractivity contribution in [2.24, 2.45) is 0 Å². The molecule has 0 spiro atoms. The molecule has 2 heterocycles. The number of hydrogen-bond acceptors (Lipinski definition) is 5. The van der Waals surface area contributed by atoms with Gasteiger partial charge in [-0.15, -0.1) is 6.58 Å². The highest BCUT2D eigenvalue weighted by atomic mass is 32.1. The maximum absolute atomic E-state index is 12.9. The number of benzene rings is 1. The lowest BCUT2D eigenvalue weighted by atomic mass is 9.94. The van der Waals surface area contributed by atoms with Crippen molar-refractivity contribution in [3.63, 3.8) is 0 Å². The predicted molar refractivity (Wildman–Crippen MR) is 116 cm³/mol. The maximum atomic E-state index is 12.9. The molecule has 6 nitrogen and oxygen atoms in total. The summed E-state index contributed by atoms with van der Waals surface area (Å²) in [5.74, 6) is 0.459. The average molecular weight is 414 g/mol. The molecule has 28 heavy (non-hydrogen) atoms. The van der Waals surface area contributed by atoms with Crippen molar-refractivity contribution in [3.8, 4) is 10.7 Å². The quantitative estimate of drug-likeness (QED) is 0.399. The minimum atomic E-state index is -0.200. The van der Waals surface area contributed by atoms with E-state index in [1.165, 1.54) is 11.3 Å². The summed E-state index contributed by atoms with van der Waals surface area (Å²) in [6, 6.07) is 9.85. The van der Waals surface area contributed by atoms with Crippen LogP contribution in [0.1, 0.15) is 36.9 Å². The van der Waals surface area contributed by atoms with E-state index in [1.807, 2.05) is 41.8 Å². The third kappa shape index (κ3) is 4.28. The van der Waals surface area contributed by atoms with E-state index in [9.17, 15) is 4.79 Å². The Bertz CT molecular complexity index is 1020. The van der Waals surface area contributed by atoms with Crippen LogP contribution in [0.25, 0.3) is 10.7 Å². The zero-order chi connectivity index (χ0) is 20.1. The number of allylic oxidation sites excluding steroid dienone is 1. The van der Waals surface area contributed by atoms with Crippen LogP contribution in [0.2, 0.25) is 0 Å². The lowest BCUT2D eigenvalue weighted by molar-refractivity contribution is -0.117. The van der Waals surface area contributed by atoms with Gasteiger partial charge in [0.05, 0.1) is 16.5 Å². The number of hydrogen-bond donors (Lipinski definition) is 2. The van der Waals surface area contributed by atoms with Crippen LogP contribution in [-0.2, 0) is 11.3 Å². The Morgan fingerprint density at radius 2 is 2.18 bits per heavy atom. The molecule has 2 N–H and O–H groups in total. The minimum Gasteiger partial charge on any atom is -0.301 e. The van der Waals surface area contributed by atoms with Crippen LogP contribution in [-0.4, -0.2) is 25.7 Å². The Morgan fingerprint density at radius 1 is 1.43 bits per heavy atom. The first-order valence-electron chi connectivity index (χ1n) is 9.14. The standard InChI is InChI=1S/C20H23N5OS2/c1-4-9-15(14-10-7-6-8-11-14)18(26)22-19-21-13(3)16(28-19)17-23-24-20(27)25(17)12-5-2/h5-8,10-11,15H,2,4,9,12H2,1,3H3,(H,24,27)(H,21,22,26). The number of nitrogens with one attached hydrogen (secondary N) is 2. The molecule has 0 saturated heterocycles. The fourth-order valence-corrected chi connectivity index (χ4v) is 4.24. The molecule has 0 radical (unpaired) electrons. The van der Waals surface area contributed by atoms with Gasteiger partial charge in [0.1, 0.15) is 0 Å².